The van der Waals surface area contributed by atoms with Crippen molar-refractivity contribution >= 4 is 16.9 Å². The second kappa shape index (κ2) is 6.57. The van der Waals surface area contributed by atoms with Crippen LogP contribution in [0, 0.1) is 0 Å². The summed E-state index contributed by atoms with van der Waals surface area (Å²) in [6.07, 6.45) is 0. The molecule has 0 saturated heterocycles. The van der Waals surface area contributed by atoms with Crippen molar-refractivity contribution in [2.45, 2.75) is 13.5 Å². The normalized spacial score (nSPS) is 10.7. The van der Waals surface area contributed by atoms with Gasteiger partial charge < -0.3 is 14.0 Å². The van der Waals surface area contributed by atoms with E-state index in [-0.39, 0.29) is 5.97 Å². The number of carbonyl (C=O) groups excluding carboxylic acids is 1. The van der Waals surface area contributed by atoms with Crippen molar-refractivity contribution in [2.75, 3.05) is 6.61 Å². The van der Waals surface area contributed by atoms with Gasteiger partial charge in [0.1, 0.15) is 18.1 Å². The molecule has 0 unspecified atom stereocenters. The molecule has 1 aromatic heterocycles. The first-order valence-electron chi connectivity index (χ1n) is 7.62. The lowest BCUT2D eigenvalue weighted by Gasteiger charge is -2.07. The number of ether oxygens (including phenoxy) is 2. The molecule has 4 nitrogen and oxygen atoms in total. The van der Waals surface area contributed by atoms with Gasteiger partial charge in [-0.15, -0.1) is 0 Å². The van der Waals surface area contributed by atoms with Gasteiger partial charge in [-0.2, -0.15) is 0 Å². The first kappa shape index (κ1) is 15.2. The number of benzene rings is 2. The Morgan fingerprint density at radius 1 is 1.09 bits per heavy atom. The minimum absolute atomic E-state index is 0.307. The number of aryl methyl sites for hydroxylation is 1. The van der Waals surface area contributed by atoms with Crippen LogP contribution in [0.2, 0.25) is 0 Å². The molecule has 0 saturated carbocycles. The van der Waals surface area contributed by atoms with E-state index in [1.54, 1.807) is 6.92 Å². The zero-order chi connectivity index (χ0) is 16.2. The van der Waals surface area contributed by atoms with E-state index in [9.17, 15) is 4.79 Å². The third-order valence-corrected chi connectivity index (χ3v) is 3.75. The maximum Gasteiger partial charge on any atom is 0.354 e. The minimum atomic E-state index is -0.307. The molecule has 4 heteroatoms. The number of nitrogens with zero attached hydrogens (tertiary/aromatic N) is 1. The molecule has 0 aliphatic carbocycles. The van der Waals surface area contributed by atoms with Crippen LogP contribution in [0.15, 0.2) is 54.6 Å². The molecule has 0 atom stereocenters. The van der Waals surface area contributed by atoms with Gasteiger partial charge in [-0.3, -0.25) is 0 Å². The van der Waals surface area contributed by atoms with Crippen molar-refractivity contribution in [3.63, 3.8) is 0 Å². The van der Waals surface area contributed by atoms with Crippen molar-refractivity contribution in [3.8, 4) is 5.75 Å². The van der Waals surface area contributed by atoms with Crippen LogP contribution in [-0.2, 0) is 18.4 Å². The molecular formula is C19H19NO3. The Hall–Kier alpha value is -2.75. The Morgan fingerprint density at radius 3 is 2.61 bits per heavy atom. The van der Waals surface area contributed by atoms with Crippen molar-refractivity contribution in [1.29, 1.82) is 0 Å². The Bertz CT molecular complexity index is 821. The average molecular weight is 309 g/mol. The largest absolute Gasteiger partial charge is 0.489 e. The molecule has 23 heavy (non-hydrogen) atoms. The van der Waals surface area contributed by atoms with E-state index in [2.05, 4.69) is 0 Å². The molecule has 1 heterocycles. The third kappa shape index (κ3) is 3.21. The number of hydrogen-bond acceptors (Lipinski definition) is 3. The Kier molecular flexibility index (Phi) is 4.33. The van der Waals surface area contributed by atoms with Crippen LogP contribution in [0.1, 0.15) is 23.0 Å². The van der Waals surface area contributed by atoms with Gasteiger partial charge in [0.25, 0.3) is 0 Å². The fraction of sp³-hybridized carbons (Fsp3) is 0.211. The van der Waals surface area contributed by atoms with Gasteiger partial charge in [0, 0.05) is 18.5 Å². The molecule has 3 rings (SSSR count). The van der Waals surface area contributed by atoms with Gasteiger partial charge in [-0.1, -0.05) is 30.3 Å². The number of rotatable bonds is 5. The SMILES string of the molecule is CCOC(=O)c1cc2ccc(OCc3ccccc3)cc2n1C. The van der Waals surface area contributed by atoms with Crippen LogP contribution in [0.5, 0.6) is 5.75 Å². The van der Waals surface area contributed by atoms with Gasteiger partial charge in [-0.25, -0.2) is 4.79 Å². The fourth-order valence-electron chi connectivity index (χ4n) is 2.54. The second-order valence-corrected chi connectivity index (χ2v) is 5.30. The standard InChI is InChI=1S/C19H19NO3/c1-3-22-19(21)18-11-15-9-10-16(12-17(15)20(18)2)23-13-14-7-5-4-6-8-14/h4-12H,3,13H2,1-2H3. The van der Waals surface area contributed by atoms with Gasteiger partial charge in [0.2, 0.25) is 0 Å². The molecule has 0 spiro atoms. The molecule has 0 amide bonds. The lowest BCUT2D eigenvalue weighted by molar-refractivity contribution is 0.0516. The monoisotopic (exact) mass is 309 g/mol. The summed E-state index contributed by atoms with van der Waals surface area (Å²) in [6.45, 7) is 2.68. The van der Waals surface area contributed by atoms with E-state index >= 15 is 0 Å². The highest BCUT2D eigenvalue weighted by Crippen LogP contribution is 2.25. The van der Waals surface area contributed by atoms with Gasteiger partial charge in [-0.05, 0) is 30.7 Å². The smallest absolute Gasteiger partial charge is 0.354 e. The van der Waals surface area contributed by atoms with E-state index in [1.165, 1.54) is 0 Å². The van der Waals surface area contributed by atoms with Crippen molar-refractivity contribution in [1.82, 2.24) is 4.57 Å². The van der Waals surface area contributed by atoms with E-state index in [4.69, 9.17) is 9.47 Å². The molecular weight excluding hydrogens is 290 g/mol. The number of esters is 1. The highest BCUT2D eigenvalue weighted by molar-refractivity contribution is 5.96. The first-order valence-corrected chi connectivity index (χ1v) is 7.62. The fourth-order valence-corrected chi connectivity index (χ4v) is 2.54. The Balaban J connectivity index is 1.84. The summed E-state index contributed by atoms with van der Waals surface area (Å²) in [5.74, 6) is 0.468. The first-order chi connectivity index (χ1) is 11.2. The number of carbonyl (C=O) groups is 1. The summed E-state index contributed by atoms with van der Waals surface area (Å²) in [7, 11) is 1.86. The highest BCUT2D eigenvalue weighted by Gasteiger charge is 2.14. The molecule has 0 fully saturated rings. The molecule has 3 aromatic rings. The lowest BCUT2D eigenvalue weighted by atomic mass is 10.2. The predicted molar refractivity (Wildman–Crippen MR) is 89.6 cm³/mol. The van der Waals surface area contributed by atoms with E-state index in [1.807, 2.05) is 66.2 Å². The lowest BCUT2D eigenvalue weighted by Crippen LogP contribution is -2.09. The summed E-state index contributed by atoms with van der Waals surface area (Å²) >= 11 is 0. The number of hydrogen-bond donors (Lipinski definition) is 0. The molecule has 0 N–H and O–H groups in total. The quantitative estimate of drug-likeness (QED) is 0.670. The summed E-state index contributed by atoms with van der Waals surface area (Å²) in [5, 5.41) is 0.989. The van der Waals surface area contributed by atoms with Crippen LogP contribution in [0.3, 0.4) is 0 Å². The number of aromatic nitrogens is 1. The topological polar surface area (TPSA) is 40.5 Å². The molecule has 2 aromatic carbocycles. The molecule has 0 radical (unpaired) electrons. The third-order valence-electron chi connectivity index (χ3n) is 3.75. The van der Waals surface area contributed by atoms with Gasteiger partial charge in [0.15, 0.2) is 0 Å². The van der Waals surface area contributed by atoms with Crippen LogP contribution in [0.25, 0.3) is 10.9 Å². The van der Waals surface area contributed by atoms with E-state index in [0.29, 0.717) is 18.9 Å². The zero-order valence-electron chi connectivity index (χ0n) is 13.3. The molecule has 0 bridgehead atoms. The van der Waals surface area contributed by atoms with Gasteiger partial charge >= 0.3 is 5.97 Å². The molecule has 118 valence electrons. The van der Waals surface area contributed by atoms with Crippen LogP contribution < -0.4 is 4.74 Å². The van der Waals surface area contributed by atoms with Gasteiger partial charge in [0.05, 0.1) is 12.1 Å². The van der Waals surface area contributed by atoms with E-state index < -0.39 is 0 Å². The maximum absolute atomic E-state index is 12.0. The summed E-state index contributed by atoms with van der Waals surface area (Å²) in [4.78, 5) is 12.0. The van der Waals surface area contributed by atoms with E-state index in [0.717, 1.165) is 22.2 Å². The summed E-state index contributed by atoms with van der Waals surface area (Å²) in [5.41, 5.74) is 2.60. The minimum Gasteiger partial charge on any atom is -0.489 e. The van der Waals surface area contributed by atoms with Crippen LogP contribution in [-0.4, -0.2) is 17.1 Å². The summed E-state index contributed by atoms with van der Waals surface area (Å²) in [6, 6.07) is 17.7. The van der Waals surface area contributed by atoms with Crippen LogP contribution in [0.4, 0.5) is 0 Å². The second-order valence-electron chi connectivity index (χ2n) is 5.30. The zero-order valence-corrected chi connectivity index (χ0v) is 13.3. The maximum atomic E-state index is 12.0. The average Bonchev–Trinajstić information content (AvgIpc) is 2.91. The highest BCUT2D eigenvalue weighted by atomic mass is 16.5. The van der Waals surface area contributed by atoms with Crippen LogP contribution >= 0.6 is 0 Å². The van der Waals surface area contributed by atoms with Crippen molar-refractivity contribution in [3.05, 3.63) is 65.9 Å². The molecule has 0 aliphatic rings. The number of fused-ring (bicyclic) bond motifs is 1. The molecule has 0 aliphatic heterocycles. The van der Waals surface area contributed by atoms with Crippen molar-refractivity contribution in [2.24, 2.45) is 7.05 Å². The summed E-state index contributed by atoms with van der Waals surface area (Å²) < 4.78 is 12.8. The Morgan fingerprint density at radius 2 is 1.87 bits per heavy atom. The van der Waals surface area contributed by atoms with Crippen molar-refractivity contribution < 1.29 is 14.3 Å². The Labute approximate surface area is 135 Å². The predicted octanol–water partition coefficient (Wildman–Crippen LogP) is 3.93.